The molecule has 0 bridgehead atoms. The second-order valence-electron chi connectivity index (χ2n) is 10.5. The summed E-state index contributed by atoms with van der Waals surface area (Å²) < 4.78 is 0. The summed E-state index contributed by atoms with van der Waals surface area (Å²) in [5.41, 5.74) is 0. The van der Waals surface area contributed by atoms with Crippen LogP contribution in [-0.4, -0.2) is 50.3 Å². The number of piperazine rings is 1. The maximum Gasteiger partial charge on any atom is 0.0255 e. The summed E-state index contributed by atoms with van der Waals surface area (Å²) in [6.45, 7) is 2.39. The van der Waals surface area contributed by atoms with Crippen molar-refractivity contribution in [3.63, 3.8) is 0 Å². The molecule has 0 aromatic carbocycles. The topological polar surface area (TPSA) is 48.1 Å². The summed E-state index contributed by atoms with van der Waals surface area (Å²) in [6, 6.07) is 4.35. The summed E-state index contributed by atoms with van der Waals surface area (Å²) >= 11 is 0. The lowest BCUT2D eigenvalue weighted by atomic mass is 9.69. The van der Waals surface area contributed by atoms with Crippen LogP contribution in [0, 0.1) is 17.8 Å². The predicted molar refractivity (Wildman–Crippen MR) is 119 cm³/mol. The van der Waals surface area contributed by atoms with Crippen LogP contribution in [0.2, 0.25) is 0 Å². The normalized spacial score (nSPS) is 47.5. The second kappa shape index (κ2) is 9.76. The number of nitrogens with one attached hydrogen (secondary N) is 4. The maximum absolute atomic E-state index is 4.30. The van der Waals surface area contributed by atoms with Crippen LogP contribution in [0.4, 0.5) is 0 Å². The summed E-state index contributed by atoms with van der Waals surface area (Å²) in [6.07, 6.45) is 16.7. The molecule has 1 saturated heterocycles. The first kappa shape index (κ1) is 21.1. The van der Waals surface area contributed by atoms with Crippen molar-refractivity contribution in [1.29, 1.82) is 0 Å². The van der Waals surface area contributed by atoms with Crippen LogP contribution in [0.1, 0.15) is 84.0 Å². The van der Waals surface area contributed by atoms with Crippen LogP contribution in [0.25, 0.3) is 0 Å². The van der Waals surface area contributed by atoms with E-state index in [2.05, 4.69) is 42.3 Å². The summed E-state index contributed by atoms with van der Waals surface area (Å²) in [7, 11) is 4.29. The molecule has 1 aliphatic heterocycles. The highest BCUT2D eigenvalue weighted by molar-refractivity contribution is 5.05. The molecule has 0 spiro atoms. The van der Waals surface area contributed by atoms with Crippen molar-refractivity contribution in [3.8, 4) is 0 Å². The Hall–Kier alpha value is -0.160. The first-order valence-electron chi connectivity index (χ1n) is 12.6. The molecule has 4 fully saturated rings. The fourth-order valence-electron chi connectivity index (χ4n) is 7.11. The summed E-state index contributed by atoms with van der Waals surface area (Å²) in [5.74, 6) is 2.68. The molecule has 4 aliphatic rings. The molecule has 0 radical (unpaired) electrons. The van der Waals surface area contributed by atoms with E-state index in [4.69, 9.17) is 0 Å². The monoisotopic (exact) mass is 390 g/mol. The van der Waals surface area contributed by atoms with Gasteiger partial charge in [-0.15, -0.1) is 0 Å². The van der Waals surface area contributed by atoms with Gasteiger partial charge in [0, 0.05) is 36.3 Å². The minimum atomic E-state index is 0.700. The Bertz CT molecular complexity index is 467. The Morgan fingerprint density at radius 3 is 1.61 bits per heavy atom. The van der Waals surface area contributed by atoms with Gasteiger partial charge >= 0.3 is 0 Å². The van der Waals surface area contributed by atoms with Crippen LogP contribution in [0.5, 0.6) is 0 Å². The Morgan fingerprint density at radius 2 is 1.14 bits per heavy atom. The van der Waals surface area contributed by atoms with Gasteiger partial charge in [-0.3, -0.25) is 0 Å². The van der Waals surface area contributed by atoms with Gasteiger partial charge in [-0.25, -0.2) is 0 Å². The molecule has 0 amide bonds. The SMILES string of the molecule is CCC1CCC2NC(C3CCC(NC)CC3)C(C3CCC(NC)CC3)NC2C1. The van der Waals surface area contributed by atoms with Crippen molar-refractivity contribution in [3.05, 3.63) is 0 Å². The van der Waals surface area contributed by atoms with E-state index in [-0.39, 0.29) is 0 Å². The number of hydrogen-bond donors (Lipinski definition) is 4. The van der Waals surface area contributed by atoms with E-state index in [1.807, 2.05) is 0 Å². The standard InChI is InChI=1S/C24H46N4/c1-4-16-5-14-21-22(15-16)28-24(18-8-12-20(26-3)13-9-18)23(27-21)17-6-10-19(25-2)11-7-17/h16-28H,4-15H2,1-3H3. The Labute approximate surface area is 173 Å². The fourth-order valence-corrected chi connectivity index (χ4v) is 7.11. The Balaban J connectivity index is 1.45. The number of fused-ring (bicyclic) bond motifs is 1. The molecule has 3 saturated carbocycles. The molecule has 5 unspecified atom stereocenters. The molecule has 4 N–H and O–H groups in total. The van der Waals surface area contributed by atoms with Crippen LogP contribution < -0.4 is 21.3 Å². The van der Waals surface area contributed by atoms with Gasteiger partial charge < -0.3 is 21.3 Å². The highest BCUT2D eigenvalue weighted by Gasteiger charge is 2.45. The number of hydrogen-bond acceptors (Lipinski definition) is 4. The van der Waals surface area contributed by atoms with Crippen molar-refractivity contribution < 1.29 is 0 Å². The first-order valence-corrected chi connectivity index (χ1v) is 12.6. The third-order valence-corrected chi connectivity index (χ3v) is 9.11. The molecular weight excluding hydrogens is 344 g/mol. The van der Waals surface area contributed by atoms with Crippen molar-refractivity contribution >= 4 is 0 Å². The zero-order valence-electron chi connectivity index (χ0n) is 18.7. The fraction of sp³-hybridized carbons (Fsp3) is 1.00. The van der Waals surface area contributed by atoms with Gasteiger partial charge in [-0.1, -0.05) is 13.3 Å². The Morgan fingerprint density at radius 1 is 0.643 bits per heavy atom. The van der Waals surface area contributed by atoms with E-state index >= 15 is 0 Å². The minimum Gasteiger partial charge on any atom is -0.317 e. The maximum atomic E-state index is 4.30. The third-order valence-electron chi connectivity index (χ3n) is 9.11. The molecule has 4 rings (SSSR count). The van der Waals surface area contributed by atoms with Gasteiger partial charge in [0.2, 0.25) is 0 Å². The van der Waals surface area contributed by atoms with Crippen LogP contribution in [0.3, 0.4) is 0 Å². The van der Waals surface area contributed by atoms with E-state index in [1.54, 1.807) is 0 Å². The zero-order valence-corrected chi connectivity index (χ0v) is 18.7. The van der Waals surface area contributed by atoms with Crippen molar-refractivity contribution in [1.82, 2.24) is 21.3 Å². The molecular formula is C24H46N4. The van der Waals surface area contributed by atoms with Gasteiger partial charge in [0.05, 0.1) is 0 Å². The molecule has 0 aromatic rings. The van der Waals surface area contributed by atoms with Gasteiger partial charge in [0.15, 0.2) is 0 Å². The van der Waals surface area contributed by atoms with E-state index in [9.17, 15) is 0 Å². The molecule has 1 heterocycles. The molecule has 162 valence electrons. The molecule has 28 heavy (non-hydrogen) atoms. The van der Waals surface area contributed by atoms with Crippen LogP contribution >= 0.6 is 0 Å². The summed E-state index contributed by atoms with van der Waals surface area (Å²) in [5, 5.41) is 15.6. The molecule has 4 nitrogen and oxygen atoms in total. The van der Waals surface area contributed by atoms with Crippen molar-refractivity contribution in [2.45, 2.75) is 120 Å². The molecule has 3 aliphatic carbocycles. The van der Waals surface area contributed by atoms with E-state index in [1.165, 1.54) is 77.0 Å². The van der Waals surface area contributed by atoms with Gasteiger partial charge in [-0.2, -0.15) is 0 Å². The average molecular weight is 391 g/mol. The smallest absolute Gasteiger partial charge is 0.0255 e. The summed E-state index contributed by atoms with van der Waals surface area (Å²) in [4.78, 5) is 0. The second-order valence-corrected chi connectivity index (χ2v) is 10.5. The minimum absolute atomic E-state index is 0.700. The van der Waals surface area contributed by atoms with Crippen molar-refractivity contribution in [2.75, 3.05) is 14.1 Å². The van der Waals surface area contributed by atoms with E-state index in [0.29, 0.717) is 12.1 Å². The lowest BCUT2D eigenvalue weighted by molar-refractivity contribution is 0.0596. The zero-order chi connectivity index (χ0) is 19.5. The van der Waals surface area contributed by atoms with E-state index in [0.717, 1.165) is 41.9 Å². The first-order chi connectivity index (χ1) is 13.7. The molecule has 0 aromatic heterocycles. The third kappa shape index (κ3) is 4.61. The van der Waals surface area contributed by atoms with Crippen LogP contribution in [-0.2, 0) is 0 Å². The molecule has 5 atom stereocenters. The predicted octanol–water partition coefficient (Wildman–Crippen LogP) is 3.42. The van der Waals surface area contributed by atoms with Crippen molar-refractivity contribution in [2.24, 2.45) is 17.8 Å². The van der Waals surface area contributed by atoms with E-state index < -0.39 is 0 Å². The highest BCUT2D eigenvalue weighted by Crippen LogP contribution is 2.39. The lowest BCUT2D eigenvalue weighted by Gasteiger charge is -2.53. The average Bonchev–Trinajstić information content (AvgIpc) is 2.78. The Kier molecular flexibility index (Phi) is 7.35. The molecule has 4 heteroatoms. The number of rotatable bonds is 5. The highest BCUT2D eigenvalue weighted by atomic mass is 15.2. The van der Waals surface area contributed by atoms with Gasteiger partial charge in [0.25, 0.3) is 0 Å². The van der Waals surface area contributed by atoms with Crippen LogP contribution in [0.15, 0.2) is 0 Å². The van der Waals surface area contributed by atoms with Gasteiger partial charge in [0.1, 0.15) is 0 Å². The lowest BCUT2D eigenvalue weighted by Crippen LogP contribution is -2.71. The van der Waals surface area contributed by atoms with Gasteiger partial charge in [-0.05, 0) is 102 Å². The largest absolute Gasteiger partial charge is 0.317 e. The quantitative estimate of drug-likeness (QED) is 0.581.